The highest BCUT2D eigenvalue weighted by atomic mass is 16.5. The molecule has 1 aromatic rings. The van der Waals surface area contributed by atoms with E-state index in [9.17, 15) is 14.4 Å². The van der Waals surface area contributed by atoms with Crippen LogP contribution < -0.4 is 15.0 Å². The molecular formula is C23H35N4O4+. The Kier molecular flexibility index (Phi) is 8.62. The highest BCUT2D eigenvalue weighted by Gasteiger charge is 2.27. The van der Waals surface area contributed by atoms with Gasteiger partial charge in [0, 0.05) is 24.2 Å². The Morgan fingerprint density at radius 2 is 1.84 bits per heavy atom. The Labute approximate surface area is 184 Å². The number of amides is 3. The van der Waals surface area contributed by atoms with Crippen LogP contribution in [-0.4, -0.2) is 86.5 Å². The first-order chi connectivity index (χ1) is 14.6. The molecule has 8 nitrogen and oxygen atoms in total. The maximum absolute atomic E-state index is 12.6. The van der Waals surface area contributed by atoms with Crippen LogP contribution in [0.25, 0.3) is 6.08 Å². The maximum atomic E-state index is 12.6. The van der Waals surface area contributed by atoms with E-state index in [0.29, 0.717) is 38.5 Å². The monoisotopic (exact) mass is 431 g/mol. The average Bonchev–Trinajstić information content (AvgIpc) is 2.71. The molecule has 1 aliphatic heterocycles. The smallest absolute Gasteiger partial charge is 0.275 e. The zero-order chi connectivity index (χ0) is 23.0. The summed E-state index contributed by atoms with van der Waals surface area (Å²) in [6.07, 6.45) is 3.13. The number of piperazine rings is 1. The molecule has 1 heterocycles. The SMILES string of the molecule is COc1ccccc1/C=C/C(=O)N(C)CC(=O)N1CC[NH+](CC(=O)NC(C)(C)C)CC1. The predicted molar refractivity (Wildman–Crippen MR) is 120 cm³/mol. The molecule has 0 bridgehead atoms. The van der Waals surface area contributed by atoms with Crippen LogP contribution in [0.1, 0.15) is 26.3 Å². The van der Waals surface area contributed by atoms with Crippen molar-refractivity contribution in [2.24, 2.45) is 0 Å². The Morgan fingerprint density at radius 1 is 1.19 bits per heavy atom. The molecule has 0 radical (unpaired) electrons. The van der Waals surface area contributed by atoms with Crippen LogP contribution in [0.4, 0.5) is 0 Å². The van der Waals surface area contributed by atoms with Crippen molar-refractivity contribution >= 4 is 23.8 Å². The highest BCUT2D eigenvalue weighted by Crippen LogP contribution is 2.18. The lowest BCUT2D eigenvalue weighted by Crippen LogP contribution is -3.16. The lowest BCUT2D eigenvalue weighted by Gasteiger charge is -2.33. The summed E-state index contributed by atoms with van der Waals surface area (Å²) in [4.78, 5) is 41.4. The van der Waals surface area contributed by atoms with E-state index in [1.165, 1.54) is 11.0 Å². The number of hydrogen-bond donors (Lipinski definition) is 2. The number of methoxy groups -OCH3 is 1. The van der Waals surface area contributed by atoms with Crippen LogP contribution in [0.3, 0.4) is 0 Å². The standard InChI is InChI=1S/C23H34N4O4/c1-23(2,3)24-20(28)16-26-12-14-27(15-13-26)22(30)17-25(4)21(29)11-10-18-8-6-7-9-19(18)31-5/h6-11H,12-17H2,1-5H3,(H,24,28)/p+1/b11-10+. The van der Waals surface area contributed by atoms with Gasteiger partial charge in [0.2, 0.25) is 11.8 Å². The molecular weight excluding hydrogens is 396 g/mol. The van der Waals surface area contributed by atoms with Gasteiger partial charge in [0.25, 0.3) is 5.91 Å². The van der Waals surface area contributed by atoms with Gasteiger partial charge in [0.05, 0.1) is 39.8 Å². The third-order valence-electron chi connectivity index (χ3n) is 5.04. The summed E-state index contributed by atoms with van der Waals surface area (Å²) in [5.74, 6) is 0.373. The Hall–Kier alpha value is -2.87. The van der Waals surface area contributed by atoms with Crippen molar-refractivity contribution in [1.29, 1.82) is 0 Å². The van der Waals surface area contributed by atoms with Crippen molar-refractivity contribution in [1.82, 2.24) is 15.1 Å². The van der Waals surface area contributed by atoms with Gasteiger partial charge in [-0.05, 0) is 32.9 Å². The van der Waals surface area contributed by atoms with Gasteiger partial charge in [-0.1, -0.05) is 18.2 Å². The summed E-state index contributed by atoms with van der Waals surface area (Å²) in [7, 11) is 3.20. The van der Waals surface area contributed by atoms with Crippen molar-refractivity contribution in [2.45, 2.75) is 26.3 Å². The van der Waals surface area contributed by atoms with Gasteiger partial charge in [-0.2, -0.15) is 0 Å². The maximum Gasteiger partial charge on any atom is 0.275 e. The molecule has 0 aliphatic carbocycles. The Balaban J connectivity index is 1.79. The summed E-state index contributed by atoms with van der Waals surface area (Å²) in [6.45, 7) is 8.90. The number of quaternary nitrogens is 1. The Morgan fingerprint density at radius 3 is 2.45 bits per heavy atom. The van der Waals surface area contributed by atoms with E-state index >= 15 is 0 Å². The van der Waals surface area contributed by atoms with E-state index in [1.54, 1.807) is 25.1 Å². The number of ether oxygens (including phenoxy) is 1. The van der Waals surface area contributed by atoms with E-state index < -0.39 is 0 Å². The van der Waals surface area contributed by atoms with Crippen molar-refractivity contribution in [2.75, 3.05) is 53.4 Å². The number of carbonyl (C=O) groups is 3. The first-order valence-corrected chi connectivity index (χ1v) is 10.6. The fraction of sp³-hybridized carbons (Fsp3) is 0.522. The van der Waals surface area contributed by atoms with Crippen molar-refractivity contribution in [3.8, 4) is 5.75 Å². The molecule has 8 heteroatoms. The summed E-state index contributed by atoms with van der Waals surface area (Å²) in [5, 5.41) is 2.97. The van der Waals surface area contributed by atoms with Gasteiger partial charge >= 0.3 is 0 Å². The van der Waals surface area contributed by atoms with Crippen LogP contribution in [-0.2, 0) is 14.4 Å². The Bertz CT molecular complexity index is 808. The van der Waals surface area contributed by atoms with Crippen LogP contribution in [0.15, 0.2) is 30.3 Å². The molecule has 1 fully saturated rings. The van der Waals surface area contributed by atoms with Crippen LogP contribution in [0.5, 0.6) is 5.75 Å². The van der Waals surface area contributed by atoms with E-state index in [0.717, 1.165) is 10.5 Å². The van der Waals surface area contributed by atoms with Crippen molar-refractivity contribution in [3.05, 3.63) is 35.9 Å². The number of nitrogens with zero attached hydrogens (tertiary/aromatic N) is 2. The first kappa shape index (κ1) is 24.4. The fourth-order valence-electron chi connectivity index (χ4n) is 3.41. The molecule has 3 amide bonds. The fourth-order valence-corrected chi connectivity index (χ4v) is 3.41. The number of likely N-dealkylation sites (N-methyl/N-ethyl adjacent to an activating group) is 1. The molecule has 31 heavy (non-hydrogen) atoms. The number of carbonyl (C=O) groups excluding carboxylic acids is 3. The minimum Gasteiger partial charge on any atom is -0.496 e. The molecule has 1 aliphatic rings. The van der Waals surface area contributed by atoms with E-state index in [-0.39, 0.29) is 29.8 Å². The molecule has 170 valence electrons. The summed E-state index contributed by atoms with van der Waals surface area (Å²) in [6, 6.07) is 7.42. The van der Waals surface area contributed by atoms with Crippen LogP contribution in [0.2, 0.25) is 0 Å². The van der Waals surface area contributed by atoms with E-state index in [2.05, 4.69) is 5.32 Å². The van der Waals surface area contributed by atoms with Crippen LogP contribution in [0, 0.1) is 0 Å². The number of hydrogen-bond acceptors (Lipinski definition) is 4. The lowest BCUT2D eigenvalue weighted by molar-refractivity contribution is -0.896. The van der Waals surface area contributed by atoms with E-state index in [4.69, 9.17) is 4.74 Å². The molecule has 2 rings (SSSR count). The van der Waals surface area contributed by atoms with Gasteiger partial charge in [-0.15, -0.1) is 0 Å². The van der Waals surface area contributed by atoms with Gasteiger partial charge < -0.3 is 24.8 Å². The predicted octanol–water partition coefficient (Wildman–Crippen LogP) is -0.191. The van der Waals surface area contributed by atoms with Gasteiger partial charge in [-0.3, -0.25) is 14.4 Å². The molecule has 1 saturated heterocycles. The van der Waals surface area contributed by atoms with Crippen LogP contribution >= 0.6 is 0 Å². The quantitative estimate of drug-likeness (QED) is 0.586. The van der Waals surface area contributed by atoms with Gasteiger partial charge in [0.1, 0.15) is 5.75 Å². The summed E-state index contributed by atoms with van der Waals surface area (Å²) < 4.78 is 5.27. The van der Waals surface area contributed by atoms with Gasteiger partial charge in [-0.25, -0.2) is 0 Å². The molecule has 0 saturated carbocycles. The average molecular weight is 432 g/mol. The third-order valence-corrected chi connectivity index (χ3v) is 5.04. The van der Waals surface area contributed by atoms with Gasteiger partial charge in [0.15, 0.2) is 6.54 Å². The molecule has 1 aromatic carbocycles. The second-order valence-corrected chi connectivity index (χ2v) is 8.88. The normalized spacial score (nSPS) is 15.1. The second kappa shape index (κ2) is 10.9. The minimum atomic E-state index is -0.248. The molecule has 2 N–H and O–H groups in total. The third kappa shape index (κ3) is 8.05. The number of para-hydroxylation sites is 1. The number of nitrogens with one attached hydrogen (secondary N) is 2. The molecule has 0 spiro atoms. The summed E-state index contributed by atoms with van der Waals surface area (Å²) in [5.41, 5.74) is 0.554. The zero-order valence-electron chi connectivity index (χ0n) is 19.2. The molecule has 0 atom stereocenters. The highest BCUT2D eigenvalue weighted by molar-refractivity contribution is 5.94. The topological polar surface area (TPSA) is 83.4 Å². The lowest BCUT2D eigenvalue weighted by atomic mass is 10.1. The van der Waals surface area contributed by atoms with E-state index in [1.807, 2.05) is 45.0 Å². The first-order valence-electron chi connectivity index (χ1n) is 10.6. The number of benzene rings is 1. The largest absolute Gasteiger partial charge is 0.496 e. The second-order valence-electron chi connectivity index (χ2n) is 8.88. The summed E-state index contributed by atoms with van der Waals surface area (Å²) >= 11 is 0. The minimum absolute atomic E-state index is 0.0226. The van der Waals surface area contributed by atoms with Crippen molar-refractivity contribution < 1.29 is 24.0 Å². The zero-order valence-corrected chi connectivity index (χ0v) is 19.2. The molecule has 0 aromatic heterocycles. The van der Waals surface area contributed by atoms with Crippen molar-refractivity contribution in [3.63, 3.8) is 0 Å². The number of rotatable bonds is 7. The molecule has 0 unspecified atom stereocenters.